The van der Waals surface area contributed by atoms with Gasteiger partial charge in [-0.2, -0.15) is 0 Å². The number of methoxy groups -OCH3 is 1. The van der Waals surface area contributed by atoms with Gasteiger partial charge in [-0.15, -0.1) is 0 Å². The number of nitrogens with one attached hydrogen (secondary N) is 2. The largest absolute Gasteiger partial charge is 0.497 e. The third kappa shape index (κ3) is 5.91. The third-order valence-corrected chi connectivity index (χ3v) is 6.27. The number of nitrogens with two attached hydrogens (primary N) is 1. The molecule has 4 N–H and O–H groups in total. The molecule has 0 radical (unpaired) electrons. The molecule has 1 aliphatic rings. The summed E-state index contributed by atoms with van der Waals surface area (Å²) in [4.78, 5) is 35.8. The van der Waals surface area contributed by atoms with Crippen molar-refractivity contribution in [1.82, 2.24) is 15.3 Å². The van der Waals surface area contributed by atoms with Gasteiger partial charge in [0.2, 0.25) is 0 Å². The van der Waals surface area contributed by atoms with Crippen LogP contribution in [0, 0.1) is 0 Å². The fourth-order valence-corrected chi connectivity index (χ4v) is 4.20. The summed E-state index contributed by atoms with van der Waals surface area (Å²) in [6.07, 6.45) is 3.30. The molecule has 1 aliphatic heterocycles. The SMILES string of the molecule is COc1ccc(C(=O)NC2CCCN(c3cnc(C(N)=O)c(Nc4ccc(C(C)C)cc4)n3)C2)cc1. The van der Waals surface area contributed by atoms with E-state index in [-0.39, 0.29) is 17.6 Å². The lowest BCUT2D eigenvalue weighted by Gasteiger charge is -2.34. The van der Waals surface area contributed by atoms with Crippen LogP contribution in [-0.2, 0) is 0 Å². The number of nitrogens with zero attached hydrogens (tertiary/aromatic N) is 3. The third-order valence-electron chi connectivity index (χ3n) is 6.27. The minimum atomic E-state index is -0.654. The summed E-state index contributed by atoms with van der Waals surface area (Å²) in [5.41, 5.74) is 8.22. The van der Waals surface area contributed by atoms with Crippen molar-refractivity contribution in [3.63, 3.8) is 0 Å². The molecule has 9 nitrogen and oxygen atoms in total. The number of primary amides is 1. The van der Waals surface area contributed by atoms with E-state index in [0.29, 0.717) is 35.4 Å². The van der Waals surface area contributed by atoms with Crippen LogP contribution in [0.1, 0.15) is 59.0 Å². The van der Waals surface area contributed by atoms with Gasteiger partial charge in [0, 0.05) is 30.4 Å². The maximum atomic E-state index is 12.7. The molecule has 2 heterocycles. The Bertz CT molecular complexity index is 1210. The number of aromatic nitrogens is 2. The number of piperidine rings is 1. The zero-order chi connectivity index (χ0) is 25.7. The lowest BCUT2D eigenvalue weighted by molar-refractivity contribution is 0.0931. The van der Waals surface area contributed by atoms with Crippen LogP contribution in [0.5, 0.6) is 5.75 Å². The topological polar surface area (TPSA) is 122 Å². The predicted molar refractivity (Wildman–Crippen MR) is 140 cm³/mol. The van der Waals surface area contributed by atoms with E-state index in [4.69, 9.17) is 10.5 Å². The molecule has 0 aliphatic carbocycles. The van der Waals surface area contributed by atoms with Gasteiger partial charge in [0.25, 0.3) is 11.8 Å². The second-order valence-corrected chi connectivity index (χ2v) is 9.18. The lowest BCUT2D eigenvalue weighted by Crippen LogP contribution is -2.48. The zero-order valence-electron chi connectivity index (χ0n) is 20.8. The Morgan fingerprint density at radius 2 is 1.83 bits per heavy atom. The first-order chi connectivity index (χ1) is 17.3. The van der Waals surface area contributed by atoms with E-state index < -0.39 is 5.91 Å². The van der Waals surface area contributed by atoms with Crippen LogP contribution >= 0.6 is 0 Å². The van der Waals surface area contributed by atoms with Crippen molar-refractivity contribution in [2.75, 3.05) is 30.4 Å². The maximum absolute atomic E-state index is 12.7. The highest BCUT2D eigenvalue weighted by molar-refractivity contribution is 5.96. The van der Waals surface area contributed by atoms with Crippen LogP contribution in [0.3, 0.4) is 0 Å². The van der Waals surface area contributed by atoms with E-state index in [1.54, 1.807) is 37.6 Å². The molecule has 36 heavy (non-hydrogen) atoms. The monoisotopic (exact) mass is 488 g/mol. The minimum absolute atomic E-state index is 0.0500. The summed E-state index contributed by atoms with van der Waals surface area (Å²) in [6, 6.07) is 14.9. The Morgan fingerprint density at radius 1 is 1.11 bits per heavy atom. The van der Waals surface area contributed by atoms with Crippen molar-refractivity contribution < 1.29 is 14.3 Å². The number of ether oxygens (including phenoxy) is 1. The van der Waals surface area contributed by atoms with E-state index >= 15 is 0 Å². The van der Waals surface area contributed by atoms with Crippen molar-refractivity contribution in [2.45, 2.75) is 38.6 Å². The van der Waals surface area contributed by atoms with Gasteiger partial charge < -0.3 is 26.0 Å². The fraction of sp³-hybridized carbons (Fsp3) is 0.333. The van der Waals surface area contributed by atoms with E-state index in [9.17, 15) is 9.59 Å². The summed E-state index contributed by atoms with van der Waals surface area (Å²) in [6.45, 7) is 5.61. The highest BCUT2D eigenvalue weighted by Gasteiger charge is 2.24. The van der Waals surface area contributed by atoms with E-state index in [0.717, 1.165) is 25.1 Å². The molecule has 1 aromatic heterocycles. The Hall–Kier alpha value is -4.14. The van der Waals surface area contributed by atoms with Crippen molar-refractivity contribution in [1.29, 1.82) is 0 Å². The Morgan fingerprint density at radius 3 is 2.47 bits per heavy atom. The van der Waals surface area contributed by atoms with E-state index in [2.05, 4.69) is 39.3 Å². The molecular formula is C27H32N6O3. The summed E-state index contributed by atoms with van der Waals surface area (Å²) in [7, 11) is 1.59. The molecule has 2 aromatic carbocycles. The number of carbonyl (C=O) groups is 2. The number of anilines is 3. The quantitative estimate of drug-likeness (QED) is 0.440. The summed E-state index contributed by atoms with van der Waals surface area (Å²) < 4.78 is 5.16. The van der Waals surface area contributed by atoms with E-state index in [1.807, 2.05) is 24.3 Å². The van der Waals surface area contributed by atoms with Crippen LogP contribution in [-0.4, -0.2) is 48.0 Å². The summed E-state index contributed by atoms with van der Waals surface area (Å²) >= 11 is 0. The second kappa shape index (κ2) is 11.1. The molecule has 0 bridgehead atoms. The van der Waals surface area contributed by atoms with Gasteiger partial charge in [0.05, 0.1) is 13.3 Å². The number of hydrogen-bond donors (Lipinski definition) is 3. The second-order valence-electron chi connectivity index (χ2n) is 9.18. The Balaban J connectivity index is 1.48. The van der Waals surface area contributed by atoms with Gasteiger partial charge in [-0.3, -0.25) is 9.59 Å². The lowest BCUT2D eigenvalue weighted by atomic mass is 10.0. The molecule has 3 aromatic rings. The van der Waals surface area contributed by atoms with Crippen LogP contribution in [0.25, 0.3) is 0 Å². The average Bonchev–Trinajstić information content (AvgIpc) is 2.89. The molecule has 0 spiro atoms. The van der Waals surface area contributed by atoms with Gasteiger partial charge in [-0.25, -0.2) is 9.97 Å². The average molecular weight is 489 g/mol. The first-order valence-corrected chi connectivity index (χ1v) is 12.1. The first-order valence-electron chi connectivity index (χ1n) is 12.1. The molecule has 1 atom stereocenters. The zero-order valence-corrected chi connectivity index (χ0v) is 20.8. The van der Waals surface area contributed by atoms with Crippen LogP contribution in [0.15, 0.2) is 54.7 Å². The van der Waals surface area contributed by atoms with Gasteiger partial charge in [0.15, 0.2) is 11.5 Å². The molecule has 0 saturated carbocycles. The van der Waals surface area contributed by atoms with E-state index in [1.165, 1.54) is 5.56 Å². The van der Waals surface area contributed by atoms with Crippen molar-refractivity contribution in [2.24, 2.45) is 5.73 Å². The standard InChI is InChI=1S/C27H32N6O3/c1-17(2)18-6-10-20(11-7-18)30-26-24(25(28)34)29-15-23(32-26)33-14-4-5-21(16-33)31-27(35)19-8-12-22(36-3)13-9-19/h6-13,15,17,21H,4-5,14,16H2,1-3H3,(H2,28,34)(H,30,32)(H,31,35). The molecule has 1 unspecified atom stereocenters. The Labute approximate surface area is 211 Å². The van der Waals surface area contributed by atoms with Crippen LogP contribution < -0.4 is 26.0 Å². The summed E-state index contributed by atoms with van der Waals surface area (Å²) in [5, 5.41) is 6.30. The number of carbonyl (C=O) groups excluding carboxylic acids is 2. The number of rotatable bonds is 8. The van der Waals surface area contributed by atoms with Crippen molar-refractivity contribution in [3.05, 3.63) is 71.5 Å². The predicted octanol–water partition coefficient (Wildman–Crippen LogP) is 3.85. The number of benzene rings is 2. The van der Waals surface area contributed by atoms with Crippen LogP contribution in [0.2, 0.25) is 0 Å². The molecule has 1 saturated heterocycles. The highest BCUT2D eigenvalue weighted by atomic mass is 16.5. The van der Waals surface area contributed by atoms with Gasteiger partial charge in [-0.1, -0.05) is 26.0 Å². The van der Waals surface area contributed by atoms with Crippen LogP contribution in [0.4, 0.5) is 17.3 Å². The minimum Gasteiger partial charge on any atom is -0.497 e. The van der Waals surface area contributed by atoms with Crippen molar-refractivity contribution in [3.8, 4) is 5.75 Å². The molecule has 1 fully saturated rings. The molecule has 4 rings (SSSR count). The van der Waals surface area contributed by atoms with Gasteiger partial charge in [0.1, 0.15) is 11.6 Å². The normalized spacial score (nSPS) is 15.4. The molecule has 2 amide bonds. The van der Waals surface area contributed by atoms with Gasteiger partial charge in [-0.05, 0) is 60.7 Å². The smallest absolute Gasteiger partial charge is 0.271 e. The maximum Gasteiger partial charge on any atom is 0.271 e. The van der Waals surface area contributed by atoms with Gasteiger partial charge >= 0.3 is 0 Å². The highest BCUT2D eigenvalue weighted by Crippen LogP contribution is 2.25. The number of amides is 2. The summed E-state index contributed by atoms with van der Waals surface area (Å²) in [5.74, 6) is 1.26. The number of hydrogen-bond acceptors (Lipinski definition) is 7. The Kier molecular flexibility index (Phi) is 7.68. The fourth-order valence-electron chi connectivity index (χ4n) is 4.20. The molecular weight excluding hydrogens is 456 g/mol. The molecule has 188 valence electrons. The first kappa shape index (κ1) is 25.0. The molecule has 9 heteroatoms. The van der Waals surface area contributed by atoms with Crippen molar-refractivity contribution >= 4 is 29.1 Å².